The minimum atomic E-state index is -1.04. The Bertz CT molecular complexity index is 2690. The lowest BCUT2D eigenvalue weighted by Crippen LogP contribution is -2.37. The number of allylic oxidation sites excluding steroid dienone is 4. The van der Waals surface area contributed by atoms with Crippen LogP contribution >= 0.6 is 0 Å². The topological polar surface area (TPSA) is 358 Å². The standard InChI is InChI=1S/C62H89N7O16/c1-33-25-41-51(45(70)31-43(55(41)74)68-59(76)35(3)17-13-19-47(80-9)57(84-61(63)78)39(7)29-37(5)53(72)49(27-33)82-11)66-23-15-21-65-22-16-24-67-52-42-26-34(2)28-50(83-12)54(73)38(6)30-40(8)58(85-62(64)79)48(81-10)20-14-18-36(4)60(77)69-44(56(42)75)32-46(52)71/h13-14,17-20,23-24,29-34,37-38,47-50,53-54,57-58,65,70-75H,15-16,21-22,25-28H2,1-12H3,(H2,63,78)(H2,64,79)(H,68,76)(H,69,77)/t33-,34-,37+,38+,47+,48+,49+,50+,53-,54-,57+,58+/m1/s1. The van der Waals surface area contributed by atoms with E-state index in [1.807, 2.05) is 13.8 Å². The molecule has 0 unspecified atom stereocenters. The summed E-state index contributed by atoms with van der Waals surface area (Å²) >= 11 is 0. The van der Waals surface area contributed by atoms with Crippen LogP contribution in [-0.2, 0) is 50.9 Å². The molecule has 2 aliphatic heterocycles. The molecule has 4 rings (SSSR count). The van der Waals surface area contributed by atoms with Gasteiger partial charge in [0.1, 0.15) is 46.6 Å². The van der Waals surface area contributed by atoms with Gasteiger partial charge in [-0.2, -0.15) is 0 Å². The third kappa shape index (κ3) is 20.4. The number of aliphatic imine (C=N–C) groups is 2. The van der Waals surface area contributed by atoms with E-state index in [4.69, 9.17) is 39.9 Å². The second-order valence-corrected chi connectivity index (χ2v) is 21.8. The number of nitrogens with two attached hydrogens (primary N) is 2. The molecule has 2 heterocycles. The molecule has 0 saturated heterocycles. The van der Waals surface area contributed by atoms with E-state index in [1.54, 1.807) is 90.4 Å². The molecule has 0 fully saturated rings. The molecule has 0 saturated carbocycles. The molecule has 4 bridgehead atoms. The minimum absolute atomic E-state index is 0.0571. The molecule has 0 aliphatic carbocycles. The lowest BCUT2D eigenvalue weighted by Gasteiger charge is -2.29. The highest BCUT2D eigenvalue weighted by atomic mass is 16.6. The maximum absolute atomic E-state index is 13.5. The summed E-state index contributed by atoms with van der Waals surface area (Å²) in [5.74, 6) is -3.98. The number of benzene rings is 2. The number of aliphatic hydroxyl groups is 2. The van der Waals surface area contributed by atoms with E-state index in [1.165, 1.54) is 52.7 Å². The van der Waals surface area contributed by atoms with E-state index in [0.717, 1.165) is 0 Å². The van der Waals surface area contributed by atoms with Crippen molar-refractivity contribution in [2.24, 2.45) is 45.1 Å². The summed E-state index contributed by atoms with van der Waals surface area (Å²) in [5, 5.41) is 78.2. The lowest BCUT2D eigenvalue weighted by atomic mass is 9.87. The molecule has 468 valence electrons. The number of aromatic hydroxyl groups is 4. The van der Waals surface area contributed by atoms with E-state index >= 15 is 0 Å². The fourth-order valence-electron chi connectivity index (χ4n) is 10.2. The second kappa shape index (κ2) is 33.9. The van der Waals surface area contributed by atoms with Crippen molar-refractivity contribution in [3.05, 3.63) is 94.2 Å². The van der Waals surface area contributed by atoms with Gasteiger partial charge in [-0.1, -0.05) is 76.3 Å². The van der Waals surface area contributed by atoms with Gasteiger partial charge in [0.05, 0.1) is 35.8 Å². The number of carbonyl (C=O) groups is 4. The minimum Gasteiger partial charge on any atom is -0.506 e. The summed E-state index contributed by atoms with van der Waals surface area (Å²) in [6.45, 7) is 14.8. The fraction of sp³-hybridized carbons (Fsp3) is 0.516. The normalized spacial score (nSPS) is 26.5. The lowest BCUT2D eigenvalue weighted by molar-refractivity contribution is -0.113. The number of hydrogen-bond donors (Lipinski definition) is 11. The number of primary amides is 2. The van der Waals surface area contributed by atoms with Crippen LogP contribution in [0.2, 0.25) is 0 Å². The van der Waals surface area contributed by atoms with Crippen molar-refractivity contribution in [1.82, 2.24) is 5.32 Å². The molecule has 12 atom stereocenters. The Balaban J connectivity index is 1.57. The first kappa shape index (κ1) is 70.1. The fourth-order valence-corrected chi connectivity index (χ4v) is 10.2. The molecule has 23 nitrogen and oxygen atoms in total. The molecule has 2 aromatic carbocycles. The average Bonchev–Trinajstić information content (AvgIpc) is 2.79. The van der Waals surface area contributed by atoms with Crippen LogP contribution in [0.25, 0.3) is 0 Å². The van der Waals surface area contributed by atoms with Gasteiger partial charge in [0, 0.05) is 100 Å². The number of ether oxygens (including phenoxy) is 6. The van der Waals surface area contributed by atoms with Crippen molar-refractivity contribution in [3.63, 3.8) is 0 Å². The number of amides is 4. The Morgan fingerprint density at radius 1 is 0.624 bits per heavy atom. The maximum atomic E-state index is 13.5. The van der Waals surface area contributed by atoms with Crippen molar-refractivity contribution in [3.8, 4) is 23.0 Å². The number of rotatable bonds is 14. The summed E-state index contributed by atoms with van der Waals surface area (Å²) < 4.78 is 33.7. The van der Waals surface area contributed by atoms with Crippen molar-refractivity contribution >= 4 is 59.2 Å². The third-order valence-corrected chi connectivity index (χ3v) is 14.9. The largest absolute Gasteiger partial charge is 0.506 e. The highest BCUT2D eigenvalue weighted by Gasteiger charge is 2.33. The smallest absolute Gasteiger partial charge is 0.405 e. The zero-order chi connectivity index (χ0) is 63.2. The zero-order valence-corrected chi connectivity index (χ0v) is 50.8. The van der Waals surface area contributed by atoms with Crippen molar-refractivity contribution < 1.29 is 78.2 Å². The van der Waals surface area contributed by atoms with Gasteiger partial charge in [-0.05, 0) is 89.2 Å². The van der Waals surface area contributed by atoms with Gasteiger partial charge >= 0.3 is 12.2 Å². The highest BCUT2D eigenvalue weighted by Crippen LogP contribution is 2.46. The highest BCUT2D eigenvalue weighted by molar-refractivity contribution is 6.05. The van der Waals surface area contributed by atoms with Gasteiger partial charge in [-0.25, -0.2) is 9.59 Å². The first-order valence-corrected chi connectivity index (χ1v) is 28.3. The van der Waals surface area contributed by atoms with E-state index < -0.39 is 84.7 Å². The third-order valence-electron chi connectivity index (χ3n) is 14.9. The van der Waals surface area contributed by atoms with E-state index in [-0.39, 0.29) is 92.7 Å². The molecule has 0 radical (unpaired) electrons. The number of phenols is 4. The SMILES string of the molecule is CO[C@H]1C=CC=C(C)C(=O)Nc2cc(O)c(N=CCCNCCC=Nc3c(O)cc4c(O)c3C[C@@H](C)C[C@H](OC)[C@H](O)[C@@H](C)C=C(C)[C@H](OC(N)=O)[C@@H](OC)C=CC=C(C)C(=O)N4)c(c2O)C[C@@H](C)C[C@H](OC)[C@H](O)[C@@H](C)C=C(C)[C@@H]1OC(N)=O. The van der Waals surface area contributed by atoms with Crippen LogP contribution in [0.5, 0.6) is 23.0 Å². The number of carbonyl (C=O) groups excluding carboxylic acids is 4. The van der Waals surface area contributed by atoms with Crippen molar-refractivity contribution in [1.29, 1.82) is 0 Å². The molecular formula is C62H89N7O16. The van der Waals surface area contributed by atoms with Crippen molar-refractivity contribution in [2.75, 3.05) is 52.2 Å². The van der Waals surface area contributed by atoms with Gasteiger partial charge in [0.15, 0.2) is 12.2 Å². The van der Waals surface area contributed by atoms with Crippen LogP contribution in [0.3, 0.4) is 0 Å². The average molecular weight is 1190 g/mol. The van der Waals surface area contributed by atoms with E-state index in [9.17, 15) is 49.8 Å². The number of hydrogen-bond acceptors (Lipinski definition) is 19. The number of aliphatic hydroxyl groups excluding tert-OH is 2. The van der Waals surface area contributed by atoms with Crippen LogP contribution in [0, 0.1) is 23.7 Å². The molecular weight excluding hydrogens is 1100 g/mol. The molecule has 85 heavy (non-hydrogen) atoms. The van der Waals surface area contributed by atoms with Gasteiger partial charge in [0.2, 0.25) is 0 Å². The summed E-state index contributed by atoms with van der Waals surface area (Å²) in [6, 6.07) is 2.44. The number of anilines is 2. The van der Waals surface area contributed by atoms with E-state index in [2.05, 4.69) is 25.9 Å². The Labute approximate surface area is 498 Å². The number of fused-ring (bicyclic) bond motifs is 4. The molecule has 4 amide bonds. The van der Waals surface area contributed by atoms with Crippen LogP contribution in [0.4, 0.5) is 32.3 Å². The summed E-state index contributed by atoms with van der Waals surface area (Å²) in [7, 11) is 5.80. The number of methoxy groups -OCH3 is 4. The van der Waals surface area contributed by atoms with Crippen LogP contribution in [0.1, 0.15) is 92.2 Å². The van der Waals surface area contributed by atoms with Crippen molar-refractivity contribution in [2.45, 2.75) is 143 Å². The first-order chi connectivity index (χ1) is 40.3. The molecule has 23 heteroatoms. The van der Waals surface area contributed by atoms with Crippen LogP contribution < -0.4 is 27.4 Å². The molecule has 0 spiro atoms. The Hall–Kier alpha value is -7.38. The predicted octanol–water partition coefficient (Wildman–Crippen LogP) is 7.90. The molecule has 2 aromatic rings. The number of nitrogens with one attached hydrogen (secondary N) is 3. The maximum Gasteiger partial charge on any atom is 0.405 e. The van der Waals surface area contributed by atoms with Gasteiger partial charge < -0.3 is 86.5 Å². The van der Waals surface area contributed by atoms with Crippen LogP contribution in [0.15, 0.2) is 93.0 Å². The Morgan fingerprint density at radius 3 is 1.32 bits per heavy atom. The Kier molecular flexibility index (Phi) is 28.0. The molecule has 0 aromatic heterocycles. The second-order valence-electron chi connectivity index (χ2n) is 21.8. The van der Waals surface area contributed by atoms with Crippen LogP contribution in [-0.4, -0.2) is 157 Å². The van der Waals surface area contributed by atoms with E-state index in [0.29, 0.717) is 49.9 Å². The summed E-state index contributed by atoms with van der Waals surface area (Å²) in [5.41, 5.74) is 13.0. The molecule has 2 aliphatic rings. The zero-order valence-electron chi connectivity index (χ0n) is 50.8. The predicted molar refractivity (Wildman–Crippen MR) is 326 cm³/mol. The summed E-state index contributed by atoms with van der Waals surface area (Å²) in [6.07, 6.45) is 8.43. The number of nitrogens with zero attached hydrogens (tertiary/aromatic N) is 2. The summed E-state index contributed by atoms with van der Waals surface area (Å²) in [4.78, 5) is 60.1. The monoisotopic (exact) mass is 1190 g/mol. The first-order valence-electron chi connectivity index (χ1n) is 28.3. The number of phenolic OH excluding ortho intramolecular Hbond substituents is 4. The Morgan fingerprint density at radius 2 is 0.988 bits per heavy atom. The quantitative estimate of drug-likeness (QED) is 0.0281. The van der Waals surface area contributed by atoms with Gasteiger partial charge in [-0.3, -0.25) is 19.6 Å². The van der Waals surface area contributed by atoms with Gasteiger partial charge in [-0.15, -0.1) is 0 Å². The van der Waals surface area contributed by atoms with Gasteiger partial charge in [0.25, 0.3) is 11.8 Å². The molecule has 13 N–H and O–H groups in total.